The van der Waals surface area contributed by atoms with E-state index in [2.05, 4.69) is 5.32 Å². The van der Waals surface area contributed by atoms with E-state index in [0.29, 0.717) is 11.6 Å². The SMILES string of the molecule is CC(CNC(=O)CN1CSCC1=O)C(=O)O. The second-order valence-electron chi connectivity index (χ2n) is 3.61. The van der Waals surface area contributed by atoms with Gasteiger partial charge in [-0.3, -0.25) is 14.4 Å². The number of carboxylic acid groups (broad SMARTS) is 1. The van der Waals surface area contributed by atoms with E-state index in [1.807, 2.05) is 0 Å². The Balaban J connectivity index is 2.25. The molecule has 1 rings (SSSR count). The van der Waals surface area contributed by atoms with Crippen LogP contribution in [-0.4, -0.2) is 52.5 Å². The molecule has 90 valence electrons. The topological polar surface area (TPSA) is 86.7 Å². The predicted molar refractivity (Wildman–Crippen MR) is 58.8 cm³/mol. The first-order valence-electron chi connectivity index (χ1n) is 4.85. The normalized spacial score (nSPS) is 17.3. The van der Waals surface area contributed by atoms with Crippen molar-refractivity contribution in [1.29, 1.82) is 0 Å². The summed E-state index contributed by atoms with van der Waals surface area (Å²) in [7, 11) is 0. The number of nitrogens with zero attached hydrogens (tertiary/aromatic N) is 1. The molecule has 2 N–H and O–H groups in total. The lowest BCUT2D eigenvalue weighted by Gasteiger charge is -2.14. The van der Waals surface area contributed by atoms with Crippen LogP contribution in [0.4, 0.5) is 0 Å². The van der Waals surface area contributed by atoms with Crippen LogP contribution in [0.3, 0.4) is 0 Å². The van der Waals surface area contributed by atoms with Crippen molar-refractivity contribution >= 4 is 29.5 Å². The molecule has 1 unspecified atom stereocenters. The number of carboxylic acids is 1. The Bertz CT molecular complexity index is 308. The van der Waals surface area contributed by atoms with Crippen LogP contribution in [0.25, 0.3) is 0 Å². The number of nitrogens with one attached hydrogen (secondary N) is 1. The molecule has 1 fully saturated rings. The Hall–Kier alpha value is -1.24. The third-order valence-corrected chi connectivity index (χ3v) is 3.13. The van der Waals surface area contributed by atoms with Crippen LogP contribution in [0.1, 0.15) is 6.92 Å². The number of hydrogen-bond donors (Lipinski definition) is 2. The fourth-order valence-corrected chi connectivity index (χ4v) is 2.03. The maximum Gasteiger partial charge on any atom is 0.308 e. The number of hydrogen-bond acceptors (Lipinski definition) is 4. The molecule has 1 heterocycles. The third kappa shape index (κ3) is 3.73. The molecule has 1 atom stereocenters. The molecule has 1 saturated heterocycles. The lowest BCUT2D eigenvalue weighted by atomic mass is 10.2. The van der Waals surface area contributed by atoms with Gasteiger partial charge in [-0.25, -0.2) is 0 Å². The maximum absolute atomic E-state index is 11.4. The molecule has 2 amide bonds. The summed E-state index contributed by atoms with van der Waals surface area (Å²) in [5.74, 6) is -0.990. The van der Waals surface area contributed by atoms with E-state index in [9.17, 15) is 14.4 Å². The highest BCUT2D eigenvalue weighted by atomic mass is 32.2. The summed E-state index contributed by atoms with van der Waals surface area (Å²) in [6.07, 6.45) is 0. The molecular weight excluding hydrogens is 232 g/mol. The Morgan fingerprint density at radius 1 is 1.62 bits per heavy atom. The molecule has 0 aromatic rings. The minimum Gasteiger partial charge on any atom is -0.481 e. The van der Waals surface area contributed by atoms with E-state index in [-0.39, 0.29) is 24.9 Å². The Labute approximate surface area is 97.4 Å². The van der Waals surface area contributed by atoms with Crippen LogP contribution in [0.2, 0.25) is 0 Å². The van der Waals surface area contributed by atoms with Gasteiger partial charge in [0, 0.05) is 6.54 Å². The summed E-state index contributed by atoms with van der Waals surface area (Å²) in [5.41, 5.74) is 0. The number of amides is 2. The summed E-state index contributed by atoms with van der Waals surface area (Å²) in [6.45, 7) is 1.61. The van der Waals surface area contributed by atoms with E-state index in [1.54, 1.807) is 0 Å². The summed E-state index contributed by atoms with van der Waals surface area (Å²) in [5, 5.41) is 11.1. The van der Waals surface area contributed by atoms with Gasteiger partial charge in [0.05, 0.1) is 17.5 Å². The third-order valence-electron chi connectivity index (χ3n) is 2.19. The summed E-state index contributed by atoms with van der Waals surface area (Å²) >= 11 is 1.46. The molecule has 16 heavy (non-hydrogen) atoms. The minimum absolute atomic E-state index is 0.0121. The second-order valence-corrected chi connectivity index (χ2v) is 4.57. The van der Waals surface area contributed by atoms with Crippen molar-refractivity contribution in [3.8, 4) is 0 Å². The lowest BCUT2D eigenvalue weighted by Crippen LogP contribution is -2.40. The Morgan fingerprint density at radius 3 is 2.81 bits per heavy atom. The average molecular weight is 246 g/mol. The number of rotatable bonds is 5. The van der Waals surface area contributed by atoms with Gasteiger partial charge in [0.25, 0.3) is 0 Å². The van der Waals surface area contributed by atoms with Crippen molar-refractivity contribution in [2.24, 2.45) is 5.92 Å². The first-order chi connectivity index (χ1) is 7.50. The van der Waals surface area contributed by atoms with Crippen molar-refractivity contribution in [2.75, 3.05) is 24.7 Å². The van der Waals surface area contributed by atoms with E-state index >= 15 is 0 Å². The van der Waals surface area contributed by atoms with Crippen LogP contribution < -0.4 is 5.32 Å². The molecule has 7 heteroatoms. The van der Waals surface area contributed by atoms with Gasteiger partial charge in [-0.15, -0.1) is 11.8 Å². The molecule has 6 nitrogen and oxygen atoms in total. The summed E-state index contributed by atoms with van der Waals surface area (Å²) in [4.78, 5) is 34.5. The maximum atomic E-state index is 11.4. The largest absolute Gasteiger partial charge is 0.481 e. The molecule has 1 aliphatic rings. The van der Waals surface area contributed by atoms with Gasteiger partial charge < -0.3 is 15.3 Å². The zero-order valence-electron chi connectivity index (χ0n) is 8.93. The Morgan fingerprint density at radius 2 is 2.31 bits per heavy atom. The van der Waals surface area contributed by atoms with E-state index < -0.39 is 11.9 Å². The first-order valence-corrected chi connectivity index (χ1v) is 6.01. The van der Waals surface area contributed by atoms with Crippen molar-refractivity contribution < 1.29 is 19.5 Å². The zero-order chi connectivity index (χ0) is 12.1. The monoisotopic (exact) mass is 246 g/mol. The zero-order valence-corrected chi connectivity index (χ0v) is 9.75. The van der Waals surface area contributed by atoms with Gasteiger partial charge in [-0.05, 0) is 0 Å². The molecule has 0 radical (unpaired) electrons. The van der Waals surface area contributed by atoms with Crippen molar-refractivity contribution in [3.63, 3.8) is 0 Å². The molecular formula is C9H14N2O4S. The van der Waals surface area contributed by atoms with Gasteiger partial charge in [0.15, 0.2) is 0 Å². The number of aliphatic carboxylic acids is 1. The van der Waals surface area contributed by atoms with Gasteiger partial charge in [0.1, 0.15) is 6.54 Å². The fraction of sp³-hybridized carbons (Fsp3) is 0.667. The smallest absolute Gasteiger partial charge is 0.308 e. The summed E-state index contributed by atoms with van der Waals surface area (Å²) in [6, 6.07) is 0. The van der Waals surface area contributed by atoms with Crippen LogP contribution in [0.15, 0.2) is 0 Å². The van der Waals surface area contributed by atoms with E-state index in [4.69, 9.17) is 5.11 Å². The number of carbonyl (C=O) groups excluding carboxylic acids is 2. The van der Waals surface area contributed by atoms with Gasteiger partial charge >= 0.3 is 5.97 Å². The highest BCUT2D eigenvalue weighted by molar-refractivity contribution is 8.00. The van der Waals surface area contributed by atoms with Crippen LogP contribution in [0.5, 0.6) is 0 Å². The standard InChI is InChI=1S/C9H14N2O4S/c1-6(9(14)15)2-10-7(12)3-11-5-16-4-8(11)13/h6H,2-5H2,1H3,(H,10,12)(H,14,15). The van der Waals surface area contributed by atoms with Crippen LogP contribution >= 0.6 is 11.8 Å². The van der Waals surface area contributed by atoms with Gasteiger partial charge in [-0.1, -0.05) is 6.92 Å². The van der Waals surface area contributed by atoms with Crippen molar-refractivity contribution in [3.05, 3.63) is 0 Å². The second kappa shape index (κ2) is 5.74. The fourth-order valence-electron chi connectivity index (χ4n) is 1.12. The van der Waals surface area contributed by atoms with Crippen molar-refractivity contribution in [2.45, 2.75) is 6.92 Å². The molecule has 0 aliphatic carbocycles. The van der Waals surface area contributed by atoms with Crippen LogP contribution in [0, 0.1) is 5.92 Å². The predicted octanol–water partition coefficient (Wildman–Crippen LogP) is -0.644. The van der Waals surface area contributed by atoms with Gasteiger partial charge in [-0.2, -0.15) is 0 Å². The summed E-state index contributed by atoms with van der Waals surface area (Å²) < 4.78 is 0. The Kier molecular flexibility index (Phi) is 4.60. The molecule has 0 aromatic heterocycles. The highest BCUT2D eigenvalue weighted by Gasteiger charge is 2.23. The molecule has 0 saturated carbocycles. The lowest BCUT2D eigenvalue weighted by molar-refractivity contribution is -0.141. The molecule has 1 aliphatic heterocycles. The first kappa shape index (κ1) is 12.8. The minimum atomic E-state index is -0.951. The number of thioether (sulfide) groups is 1. The molecule has 0 bridgehead atoms. The van der Waals surface area contributed by atoms with E-state index in [1.165, 1.54) is 23.6 Å². The van der Waals surface area contributed by atoms with Gasteiger partial charge in [0.2, 0.25) is 11.8 Å². The van der Waals surface area contributed by atoms with Crippen LogP contribution in [-0.2, 0) is 14.4 Å². The quantitative estimate of drug-likeness (QED) is 0.673. The number of carbonyl (C=O) groups is 3. The highest BCUT2D eigenvalue weighted by Crippen LogP contribution is 2.13. The molecule has 0 spiro atoms. The van der Waals surface area contributed by atoms with E-state index in [0.717, 1.165) is 0 Å². The average Bonchev–Trinajstić information content (AvgIpc) is 2.60. The van der Waals surface area contributed by atoms with Crippen molar-refractivity contribution in [1.82, 2.24) is 10.2 Å². The molecule has 0 aromatic carbocycles.